The summed E-state index contributed by atoms with van der Waals surface area (Å²) in [6.07, 6.45) is -7.44. The van der Waals surface area contributed by atoms with Gasteiger partial charge < -0.3 is 0 Å². The van der Waals surface area contributed by atoms with Crippen LogP contribution in [0.1, 0.15) is 5.56 Å². The summed E-state index contributed by atoms with van der Waals surface area (Å²) in [6, 6.07) is 5.09. The maximum atomic E-state index is 13.4. The van der Waals surface area contributed by atoms with Crippen LogP contribution >= 0.6 is 38.5 Å². The Bertz CT molecular complexity index is 590. The van der Waals surface area contributed by atoms with Gasteiger partial charge in [0.1, 0.15) is 0 Å². The molecule has 0 N–H and O–H groups in total. The van der Waals surface area contributed by atoms with Gasteiger partial charge in [-0.25, -0.2) is 0 Å². The Labute approximate surface area is 146 Å². The number of rotatable bonds is 4. The molecular weight excluding hydrogens is 522 g/mol. The number of hydrogen-bond acceptors (Lipinski definition) is 0. The zero-order valence-corrected chi connectivity index (χ0v) is 14.3. The summed E-state index contributed by atoms with van der Waals surface area (Å²) in [6.45, 7) is 0. The molecule has 0 saturated carbocycles. The fourth-order valence-corrected chi connectivity index (χ4v) is 2.34. The van der Waals surface area contributed by atoms with Crippen LogP contribution in [0.2, 0.25) is 0 Å². The number of halogens is 11. The Balaban J connectivity index is 3.28. The van der Waals surface area contributed by atoms with E-state index in [1.807, 2.05) is 0 Å². The van der Waals surface area contributed by atoms with Crippen LogP contribution in [0, 0.1) is 0 Å². The predicted octanol–water partition coefficient (Wildman–Crippen LogP) is 6.69. The SMILES string of the molecule is FC(F)(F)C(F)(F)C(F)(F)C(F)(F)/C=C(/I)c1ccc(Br)cc1. The quantitative estimate of drug-likeness (QED) is 0.303. The van der Waals surface area contributed by atoms with Gasteiger partial charge in [-0.05, 0) is 40.3 Å². The molecule has 1 aromatic carbocycles. The fraction of sp³-hybridized carbons (Fsp3) is 0.333. The number of hydrogen-bond donors (Lipinski definition) is 0. The van der Waals surface area contributed by atoms with Gasteiger partial charge in [-0.3, -0.25) is 0 Å². The summed E-state index contributed by atoms with van der Waals surface area (Å²) >= 11 is 4.16. The Hall–Kier alpha value is -0.460. The molecule has 0 bridgehead atoms. The minimum Gasteiger partial charge on any atom is -0.195 e. The number of benzene rings is 1. The van der Waals surface area contributed by atoms with E-state index in [2.05, 4.69) is 15.9 Å². The van der Waals surface area contributed by atoms with Crippen LogP contribution in [0.3, 0.4) is 0 Å². The fourth-order valence-electron chi connectivity index (χ4n) is 1.33. The van der Waals surface area contributed by atoms with Gasteiger partial charge >= 0.3 is 23.9 Å². The molecule has 0 aliphatic rings. The van der Waals surface area contributed by atoms with Crippen LogP contribution in [0.5, 0.6) is 0 Å². The summed E-state index contributed by atoms with van der Waals surface area (Å²) in [5.74, 6) is -19.3. The summed E-state index contributed by atoms with van der Waals surface area (Å²) in [5.41, 5.74) is -0.0559. The first-order valence-corrected chi connectivity index (χ1v) is 7.35. The highest BCUT2D eigenvalue weighted by Gasteiger charge is 2.81. The van der Waals surface area contributed by atoms with Crippen LogP contribution in [-0.2, 0) is 0 Å². The minimum absolute atomic E-state index is 0.0559. The lowest BCUT2D eigenvalue weighted by Crippen LogP contribution is -2.60. The number of allylic oxidation sites excluding steroid dienone is 1. The van der Waals surface area contributed by atoms with Crippen LogP contribution in [0.15, 0.2) is 34.8 Å². The maximum Gasteiger partial charge on any atom is 0.460 e. The highest BCUT2D eigenvalue weighted by atomic mass is 127. The van der Waals surface area contributed by atoms with Gasteiger partial charge in [0.05, 0.1) is 0 Å². The highest BCUT2D eigenvalue weighted by molar-refractivity contribution is 14.1. The van der Waals surface area contributed by atoms with Gasteiger partial charge in [-0.2, -0.15) is 39.5 Å². The van der Waals surface area contributed by atoms with Crippen molar-refractivity contribution in [2.24, 2.45) is 0 Å². The molecule has 0 aromatic heterocycles. The van der Waals surface area contributed by atoms with E-state index >= 15 is 0 Å². The van der Waals surface area contributed by atoms with Crippen molar-refractivity contribution in [2.45, 2.75) is 23.9 Å². The molecule has 0 radical (unpaired) electrons. The van der Waals surface area contributed by atoms with E-state index in [4.69, 9.17) is 0 Å². The van der Waals surface area contributed by atoms with E-state index < -0.39 is 33.6 Å². The first-order valence-electron chi connectivity index (χ1n) is 5.48. The van der Waals surface area contributed by atoms with Gasteiger partial charge in [0.2, 0.25) is 0 Å². The molecule has 1 rings (SSSR count). The first-order chi connectivity index (χ1) is 10.1. The normalized spacial score (nSPS) is 15.0. The molecule has 0 spiro atoms. The van der Waals surface area contributed by atoms with Crippen LogP contribution < -0.4 is 0 Å². The summed E-state index contributed by atoms with van der Waals surface area (Å²) in [5, 5.41) is 0. The van der Waals surface area contributed by atoms with Crippen molar-refractivity contribution < 1.29 is 39.5 Å². The van der Waals surface area contributed by atoms with Crippen molar-refractivity contribution >= 4 is 42.1 Å². The molecule has 0 aliphatic heterocycles. The molecule has 1 aromatic rings. The summed E-state index contributed by atoms with van der Waals surface area (Å²) in [4.78, 5) is 0. The zero-order valence-electron chi connectivity index (χ0n) is 10.5. The topological polar surface area (TPSA) is 0 Å². The second kappa shape index (κ2) is 6.45. The van der Waals surface area contributed by atoms with Crippen molar-refractivity contribution in [3.05, 3.63) is 40.4 Å². The van der Waals surface area contributed by atoms with Crippen molar-refractivity contribution in [3.8, 4) is 0 Å². The molecular formula is C12H5BrF9I. The maximum absolute atomic E-state index is 13.4. The molecule has 0 aliphatic carbocycles. The van der Waals surface area contributed by atoms with Crippen molar-refractivity contribution in [2.75, 3.05) is 0 Å². The third-order valence-corrected chi connectivity index (χ3v) is 4.06. The van der Waals surface area contributed by atoms with Crippen molar-refractivity contribution in [1.82, 2.24) is 0 Å². The van der Waals surface area contributed by atoms with E-state index in [9.17, 15) is 39.5 Å². The van der Waals surface area contributed by atoms with E-state index in [-0.39, 0.29) is 5.56 Å². The standard InChI is InChI=1S/C12H5BrF9I/c13-7-3-1-6(2-4-7)8(23)5-9(14,15)10(16,17)11(18,19)12(20,21)22/h1-5H/b8-5+. The lowest BCUT2D eigenvalue weighted by molar-refractivity contribution is -0.388. The lowest BCUT2D eigenvalue weighted by atomic mass is 10.0. The van der Waals surface area contributed by atoms with E-state index in [0.717, 1.165) is 22.6 Å². The Morgan fingerprint density at radius 1 is 0.826 bits per heavy atom. The van der Waals surface area contributed by atoms with Crippen molar-refractivity contribution in [3.63, 3.8) is 0 Å². The number of alkyl halides is 9. The Morgan fingerprint density at radius 2 is 1.26 bits per heavy atom. The largest absolute Gasteiger partial charge is 0.460 e. The van der Waals surface area contributed by atoms with E-state index in [0.29, 0.717) is 4.47 Å². The molecule has 130 valence electrons. The van der Waals surface area contributed by atoms with Gasteiger partial charge in [0.25, 0.3) is 0 Å². The van der Waals surface area contributed by atoms with Gasteiger partial charge in [-0.1, -0.05) is 28.1 Å². The van der Waals surface area contributed by atoms with Crippen LogP contribution in [-0.4, -0.2) is 23.9 Å². The molecule has 0 saturated heterocycles. The lowest BCUT2D eigenvalue weighted by Gasteiger charge is -2.32. The molecule has 0 atom stereocenters. The van der Waals surface area contributed by atoms with Gasteiger partial charge in [0, 0.05) is 14.1 Å². The molecule has 11 heteroatoms. The second-order valence-electron chi connectivity index (χ2n) is 4.27. The average Bonchev–Trinajstić information content (AvgIpc) is 2.37. The van der Waals surface area contributed by atoms with E-state index in [1.165, 1.54) is 24.3 Å². The predicted molar refractivity (Wildman–Crippen MR) is 77.0 cm³/mol. The monoisotopic (exact) mass is 526 g/mol. The molecule has 0 nitrogen and oxygen atoms in total. The van der Waals surface area contributed by atoms with Gasteiger partial charge in [-0.15, -0.1) is 0 Å². The smallest absolute Gasteiger partial charge is 0.195 e. The second-order valence-corrected chi connectivity index (χ2v) is 6.35. The molecule has 0 unspecified atom stereocenters. The van der Waals surface area contributed by atoms with Gasteiger partial charge in [0.15, 0.2) is 0 Å². The van der Waals surface area contributed by atoms with E-state index in [1.54, 1.807) is 0 Å². The third kappa shape index (κ3) is 3.97. The highest BCUT2D eigenvalue weighted by Crippen LogP contribution is 2.54. The third-order valence-electron chi connectivity index (χ3n) is 2.60. The summed E-state index contributed by atoms with van der Waals surface area (Å²) in [7, 11) is 0. The molecule has 0 fully saturated rings. The van der Waals surface area contributed by atoms with Crippen LogP contribution in [0.25, 0.3) is 3.58 Å². The Morgan fingerprint density at radius 3 is 1.65 bits per heavy atom. The molecule has 0 heterocycles. The zero-order chi connectivity index (χ0) is 18.3. The first kappa shape index (κ1) is 20.6. The van der Waals surface area contributed by atoms with Crippen molar-refractivity contribution in [1.29, 1.82) is 0 Å². The van der Waals surface area contributed by atoms with Crippen LogP contribution in [0.4, 0.5) is 39.5 Å². The summed E-state index contributed by atoms with van der Waals surface area (Å²) < 4.78 is 114. The average molecular weight is 527 g/mol. The minimum atomic E-state index is -6.89. The molecule has 0 amide bonds. The Kier molecular flexibility index (Phi) is 5.77. The molecule has 23 heavy (non-hydrogen) atoms.